The van der Waals surface area contributed by atoms with Crippen molar-refractivity contribution >= 4 is 5.91 Å². The largest absolute Gasteiger partial charge is 0.573 e. The molecule has 4 rings (SSSR count). The molecule has 3 aliphatic heterocycles. The van der Waals surface area contributed by atoms with Crippen molar-refractivity contribution in [3.63, 3.8) is 0 Å². The standard InChI is InChI=1S/C15H17F3N2O2/c16-15(17,18)22-13-3-1-11(2-4-13)14(21)20-10-9-19-7-5-12(20)6-8-19/h1-4,12H,5-10H2. The molecule has 22 heavy (non-hydrogen) atoms. The van der Waals surface area contributed by atoms with Crippen molar-refractivity contribution in [2.45, 2.75) is 25.2 Å². The molecular formula is C15H17F3N2O2. The van der Waals surface area contributed by atoms with E-state index in [4.69, 9.17) is 0 Å². The van der Waals surface area contributed by atoms with Gasteiger partial charge in [0.2, 0.25) is 0 Å². The van der Waals surface area contributed by atoms with Crippen LogP contribution < -0.4 is 4.74 Å². The molecule has 1 amide bonds. The molecule has 7 heteroatoms. The first-order valence-corrected chi connectivity index (χ1v) is 7.31. The molecule has 3 saturated heterocycles. The first-order chi connectivity index (χ1) is 10.4. The van der Waals surface area contributed by atoms with Gasteiger partial charge in [-0.15, -0.1) is 13.2 Å². The Morgan fingerprint density at radius 3 is 2.27 bits per heavy atom. The predicted molar refractivity (Wildman–Crippen MR) is 73.6 cm³/mol. The van der Waals surface area contributed by atoms with Crippen LogP contribution in [-0.4, -0.2) is 54.3 Å². The highest BCUT2D eigenvalue weighted by Gasteiger charge is 2.33. The number of carbonyl (C=O) groups excluding carboxylic acids is 1. The number of ether oxygens (including phenoxy) is 1. The number of fused-ring (bicyclic) bond motifs is 4. The quantitative estimate of drug-likeness (QED) is 0.841. The lowest BCUT2D eigenvalue weighted by molar-refractivity contribution is -0.274. The second-order valence-corrected chi connectivity index (χ2v) is 5.64. The zero-order valence-electron chi connectivity index (χ0n) is 12.0. The van der Waals surface area contributed by atoms with Gasteiger partial charge in [-0.25, -0.2) is 0 Å². The summed E-state index contributed by atoms with van der Waals surface area (Å²) in [5, 5.41) is 0. The summed E-state index contributed by atoms with van der Waals surface area (Å²) in [7, 11) is 0. The van der Waals surface area contributed by atoms with Gasteiger partial charge in [-0.1, -0.05) is 0 Å². The lowest BCUT2D eigenvalue weighted by atomic mass is 10.0. The molecule has 2 bridgehead atoms. The summed E-state index contributed by atoms with van der Waals surface area (Å²) in [6.07, 6.45) is -2.80. The van der Waals surface area contributed by atoms with E-state index in [0.29, 0.717) is 12.1 Å². The molecule has 4 nitrogen and oxygen atoms in total. The fourth-order valence-electron chi connectivity index (χ4n) is 3.12. The maximum absolute atomic E-state index is 12.6. The summed E-state index contributed by atoms with van der Waals surface area (Å²) in [5.41, 5.74) is 0.398. The van der Waals surface area contributed by atoms with E-state index in [2.05, 4.69) is 9.64 Å². The molecule has 0 unspecified atom stereocenters. The zero-order valence-corrected chi connectivity index (χ0v) is 12.0. The number of piperidine rings is 1. The number of carbonyl (C=O) groups is 1. The Morgan fingerprint density at radius 1 is 1.05 bits per heavy atom. The second-order valence-electron chi connectivity index (χ2n) is 5.64. The third-order valence-electron chi connectivity index (χ3n) is 4.25. The first kappa shape index (κ1) is 15.1. The van der Waals surface area contributed by atoms with Crippen molar-refractivity contribution < 1.29 is 22.7 Å². The van der Waals surface area contributed by atoms with Crippen LogP contribution in [0.3, 0.4) is 0 Å². The molecule has 120 valence electrons. The van der Waals surface area contributed by atoms with Gasteiger partial charge in [0.25, 0.3) is 5.91 Å². The van der Waals surface area contributed by atoms with Crippen LogP contribution in [-0.2, 0) is 0 Å². The van der Waals surface area contributed by atoms with Crippen LogP contribution in [0.5, 0.6) is 5.75 Å². The highest BCUT2D eigenvalue weighted by Crippen LogP contribution is 2.25. The Balaban J connectivity index is 1.72. The number of hydrogen-bond donors (Lipinski definition) is 0. The summed E-state index contributed by atoms with van der Waals surface area (Å²) < 4.78 is 40.2. The number of hydrogen-bond acceptors (Lipinski definition) is 3. The SMILES string of the molecule is O=C(c1ccc(OC(F)(F)F)cc1)N1CCN2CCC1CC2. The van der Waals surface area contributed by atoms with Crippen LogP contribution in [0.1, 0.15) is 23.2 Å². The molecule has 3 aliphatic rings. The van der Waals surface area contributed by atoms with Gasteiger partial charge in [-0.05, 0) is 37.1 Å². The summed E-state index contributed by atoms with van der Waals surface area (Å²) in [6, 6.07) is 5.37. The normalized spacial score (nSPS) is 25.0. The predicted octanol–water partition coefficient (Wildman–Crippen LogP) is 2.51. The number of halogens is 3. The van der Waals surface area contributed by atoms with Crippen LogP contribution in [0.4, 0.5) is 13.2 Å². The van der Waals surface area contributed by atoms with Gasteiger partial charge in [-0.3, -0.25) is 4.79 Å². The molecule has 1 aromatic carbocycles. The fourth-order valence-corrected chi connectivity index (χ4v) is 3.12. The number of alkyl halides is 3. The molecule has 0 aromatic heterocycles. The summed E-state index contributed by atoms with van der Waals surface area (Å²) >= 11 is 0. The van der Waals surface area contributed by atoms with Crippen molar-refractivity contribution in [3.8, 4) is 5.75 Å². The number of nitrogens with zero attached hydrogens (tertiary/aromatic N) is 2. The fraction of sp³-hybridized carbons (Fsp3) is 0.533. The van der Waals surface area contributed by atoms with E-state index >= 15 is 0 Å². The molecule has 0 radical (unpaired) electrons. The second kappa shape index (κ2) is 5.79. The molecule has 0 saturated carbocycles. The van der Waals surface area contributed by atoms with Gasteiger partial charge < -0.3 is 14.5 Å². The van der Waals surface area contributed by atoms with E-state index in [-0.39, 0.29) is 17.7 Å². The minimum Gasteiger partial charge on any atom is -0.406 e. The van der Waals surface area contributed by atoms with E-state index in [1.165, 1.54) is 24.3 Å². The minimum absolute atomic E-state index is 0.118. The van der Waals surface area contributed by atoms with Gasteiger partial charge in [-0.2, -0.15) is 0 Å². The lowest BCUT2D eigenvalue weighted by Gasteiger charge is -2.31. The maximum atomic E-state index is 12.6. The third-order valence-corrected chi connectivity index (χ3v) is 4.25. The van der Waals surface area contributed by atoms with Gasteiger partial charge in [0.05, 0.1) is 0 Å². The Morgan fingerprint density at radius 2 is 1.68 bits per heavy atom. The summed E-state index contributed by atoms with van der Waals surface area (Å²) in [6.45, 7) is 3.54. The molecule has 1 aromatic rings. The number of benzene rings is 1. The summed E-state index contributed by atoms with van der Waals surface area (Å²) in [5.74, 6) is -0.431. The van der Waals surface area contributed by atoms with Crippen LogP contribution in [0.15, 0.2) is 24.3 Å². The number of rotatable bonds is 2. The van der Waals surface area contributed by atoms with Crippen molar-refractivity contribution in [3.05, 3.63) is 29.8 Å². The average molecular weight is 314 g/mol. The highest BCUT2D eigenvalue weighted by atomic mass is 19.4. The molecule has 0 spiro atoms. The summed E-state index contributed by atoms with van der Waals surface area (Å²) in [4.78, 5) is 16.8. The van der Waals surface area contributed by atoms with E-state index in [1.54, 1.807) is 0 Å². The van der Waals surface area contributed by atoms with Crippen LogP contribution >= 0.6 is 0 Å². The maximum Gasteiger partial charge on any atom is 0.573 e. The molecular weight excluding hydrogens is 297 g/mol. The van der Waals surface area contributed by atoms with Crippen molar-refractivity contribution in [2.75, 3.05) is 26.2 Å². The molecule has 3 heterocycles. The van der Waals surface area contributed by atoms with Crippen molar-refractivity contribution in [1.29, 1.82) is 0 Å². The monoisotopic (exact) mass is 314 g/mol. The van der Waals surface area contributed by atoms with E-state index in [9.17, 15) is 18.0 Å². The van der Waals surface area contributed by atoms with Gasteiger partial charge >= 0.3 is 6.36 Å². The minimum atomic E-state index is -4.72. The Hall–Kier alpha value is -1.76. The molecule has 0 aliphatic carbocycles. The van der Waals surface area contributed by atoms with Crippen molar-refractivity contribution in [1.82, 2.24) is 9.80 Å². The van der Waals surface area contributed by atoms with Crippen molar-refractivity contribution in [2.24, 2.45) is 0 Å². The Kier molecular flexibility index (Phi) is 3.99. The van der Waals surface area contributed by atoms with Crippen LogP contribution in [0.2, 0.25) is 0 Å². The van der Waals surface area contributed by atoms with Gasteiger partial charge in [0.1, 0.15) is 5.75 Å². The van der Waals surface area contributed by atoms with Crippen LogP contribution in [0.25, 0.3) is 0 Å². The smallest absolute Gasteiger partial charge is 0.406 e. The van der Waals surface area contributed by atoms with Gasteiger partial charge in [0, 0.05) is 37.8 Å². The van der Waals surface area contributed by atoms with E-state index < -0.39 is 6.36 Å². The van der Waals surface area contributed by atoms with E-state index in [1.807, 2.05) is 4.90 Å². The molecule has 3 fully saturated rings. The average Bonchev–Trinajstić information content (AvgIpc) is 2.79. The Labute approximate surface area is 126 Å². The topological polar surface area (TPSA) is 32.8 Å². The third kappa shape index (κ3) is 3.35. The van der Waals surface area contributed by atoms with E-state index in [0.717, 1.165) is 32.5 Å². The lowest BCUT2D eigenvalue weighted by Crippen LogP contribution is -2.41. The number of amides is 1. The van der Waals surface area contributed by atoms with Gasteiger partial charge in [0.15, 0.2) is 0 Å². The molecule has 0 N–H and O–H groups in total. The first-order valence-electron chi connectivity index (χ1n) is 7.31. The zero-order chi connectivity index (χ0) is 15.7. The van der Waals surface area contributed by atoms with Crippen LogP contribution in [0, 0.1) is 0 Å². The molecule has 0 atom stereocenters. The Bertz CT molecular complexity index is 537. The highest BCUT2D eigenvalue weighted by molar-refractivity contribution is 5.94.